The van der Waals surface area contributed by atoms with Crippen LogP contribution in [0.15, 0.2) is 51.8 Å². The van der Waals surface area contributed by atoms with Crippen molar-refractivity contribution in [1.29, 1.82) is 0 Å². The van der Waals surface area contributed by atoms with Crippen molar-refractivity contribution in [3.05, 3.63) is 68.8 Å². The average molecular weight is 480 g/mol. The third-order valence-electron chi connectivity index (χ3n) is 3.99. The fraction of sp³-hybridized carbons (Fsp3) is 0.150. The van der Waals surface area contributed by atoms with Crippen LogP contribution in [0.4, 0.5) is 9.18 Å². The first-order chi connectivity index (χ1) is 13.9. The topological polar surface area (TPSA) is 72.9 Å². The van der Waals surface area contributed by atoms with Crippen LogP contribution in [0.25, 0.3) is 6.08 Å². The first-order valence-corrected chi connectivity index (χ1v) is 9.98. The maximum Gasteiger partial charge on any atom is 0.343 e. The second-order valence-electron chi connectivity index (χ2n) is 5.91. The van der Waals surface area contributed by atoms with Crippen LogP contribution in [-0.4, -0.2) is 35.7 Å². The maximum atomic E-state index is 13.9. The molecule has 0 bridgehead atoms. The summed E-state index contributed by atoms with van der Waals surface area (Å²) in [5.74, 6) is -1.22. The van der Waals surface area contributed by atoms with E-state index in [9.17, 15) is 18.8 Å². The monoisotopic (exact) mass is 479 g/mol. The SMILES string of the molecule is COC(=O)COc1ccc(Br)cc1/C=C1/SC(=O)N(Cc2ccccc2F)C1=O. The summed E-state index contributed by atoms with van der Waals surface area (Å²) >= 11 is 4.10. The molecule has 1 fully saturated rings. The lowest BCUT2D eigenvalue weighted by Crippen LogP contribution is -2.27. The van der Waals surface area contributed by atoms with E-state index in [0.29, 0.717) is 11.3 Å². The highest BCUT2D eigenvalue weighted by Gasteiger charge is 2.35. The van der Waals surface area contributed by atoms with Crippen LogP contribution in [0.5, 0.6) is 5.75 Å². The summed E-state index contributed by atoms with van der Waals surface area (Å²) in [5, 5.41) is -0.489. The lowest BCUT2D eigenvalue weighted by atomic mass is 10.1. The largest absolute Gasteiger partial charge is 0.481 e. The second kappa shape index (κ2) is 9.23. The molecule has 0 saturated carbocycles. The molecular weight excluding hydrogens is 465 g/mol. The molecule has 0 atom stereocenters. The van der Waals surface area contributed by atoms with Crippen molar-refractivity contribution >= 4 is 50.9 Å². The van der Waals surface area contributed by atoms with Crippen LogP contribution in [0.2, 0.25) is 0 Å². The number of hydrogen-bond donors (Lipinski definition) is 0. The van der Waals surface area contributed by atoms with E-state index in [2.05, 4.69) is 20.7 Å². The van der Waals surface area contributed by atoms with Gasteiger partial charge in [0.25, 0.3) is 11.1 Å². The molecule has 1 heterocycles. The van der Waals surface area contributed by atoms with Gasteiger partial charge < -0.3 is 9.47 Å². The number of nitrogens with zero attached hydrogens (tertiary/aromatic N) is 1. The molecule has 0 spiro atoms. The lowest BCUT2D eigenvalue weighted by molar-refractivity contribution is -0.142. The zero-order valence-corrected chi connectivity index (χ0v) is 17.6. The molecule has 9 heteroatoms. The summed E-state index contributed by atoms with van der Waals surface area (Å²) in [7, 11) is 1.25. The van der Waals surface area contributed by atoms with Crippen molar-refractivity contribution in [1.82, 2.24) is 4.90 Å². The van der Waals surface area contributed by atoms with Gasteiger partial charge in [0, 0.05) is 15.6 Å². The Bertz CT molecular complexity index is 1010. The van der Waals surface area contributed by atoms with E-state index in [4.69, 9.17) is 4.74 Å². The molecule has 0 N–H and O–H groups in total. The molecule has 150 valence electrons. The van der Waals surface area contributed by atoms with E-state index in [1.54, 1.807) is 24.3 Å². The number of carbonyl (C=O) groups excluding carboxylic acids is 3. The second-order valence-corrected chi connectivity index (χ2v) is 7.82. The van der Waals surface area contributed by atoms with Crippen LogP contribution in [0, 0.1) is 5.82 Å². The Labute approximate surface area is 178 Å². The predicted molar refractivity (Wildman–Crippen MR) is 110 cm³/mol. The number of methoxy groups -OCH3 is 1. The number of imide groups is 1. The van der Waals surface area contributed by atoms with Crippen molar-refractivity contribution in [2.45, 2.75) is 6.54 Å². The van der Waals surface area contributed by atoms with Crippen LogP contribution in [-0.2, 0) is 20.9 Å². The zero-order valence-electron chi connectivity index (χ0n) is 15.2. The van der Waals surface area contributed by atoms with Gasteiger partial charge >= 0.3 is 5.97 Å². The van der Waals surface area contributed by atoms with Crippen molar-refractivity contribution in [3.63, 3.8) is 0 Å². The first kappa shape index (κ1) is 21.1. The summed E-state index contributed by atoms with van der Waals surface area (Å²) in [5.41, 5.74) is 0.750. The highest BCUT2D eigenvalue weighted by atomic mass is 79.9. The Balaban J connectivity index is 1.84. The van der Waals surface area contributed by atoms with Crippen molar-refractivity contribution in [2.24, 2.45) is 0 Å². The molecule has 2 amide bonds. The molecule has 0 unspecified atom stereocenters. The minimum Gasteiger partial charge on any atom is -0.481 e. The smallest absolute Gasteiger partial charge is 0.343 e. The summed E-state index contributed by atoms with van der Waals surface area (Å²) in [6.45, 7) is -0.452. The Kier molecular flexibility index (Phi) is 6.71. The van der Waals surface area contributed by atoms with Crippen molar-refractivity contribution in [3.8, 4) is 5.75 Å². The van der Waals surface area contributed by atoms with Gasteiger partial charge in [0.1, 0.15) is 11.6 Å². The Morgan fingerprint density at radius 1 is 1.24 bits per heavy atom. The number of hydrogen-bond acceptors (Lipinski definition) is 6. The predicted octanol–water partition coefficient (Wildman–Crippen LogP) is 4.38. The summed E-state index contributed by atoms with van der Waals surface area (Å²) in [6, 6.07) is 11.0. The van der Waals surface area contributed by atoms with E-state index in [-0.39, 0.29) is 23.6 Å². The summed E-state index contributed by atoms with van der Waals surface area (Å²) in [6.07, 6.45) is 1.50. The number of carbonyl (C=O) groups is 3. The van der Waals surface area contributed by atoms with Gasteiger partial charge in [-0.25, -0.2) is 9.18 Å². The molecule has 2 aromatic carbocycles. The number of halogens is 2. The lowest BCUT2D eigenvalue weighted by Gasteiger charge is -2.13. The minimum absolute atomic E-state index is 0.154. The molecule has 1 saturated heterocycles. The fourth-order valence-corrected chi connectivity index (χ4v) is 3.74. The molecular formula is C20H15BrFNO5S. The fourth-order valence-electron chi connectivity index (χ4n) is 2.53. The summed E-state index contributed by atoms with van der Waals surface area (Å²) in [4.78, 5) is 37.5. The molecule has 1 aliphatic heterocycles. The normalized spacial score (nSPS) is 15.1. The molecule has 2 aromatic rings. The van der Waals surface area contributed by atoms with E-state index >= 15 is 0 Å². The minimum atomic E-state index is -0.552. The van der Waals surface area contributed by atoms with Gasteiger partial charge in [0.15, 0.2) is 6.61 Å². The first-order valence-electron chi connectivity index (χ1n) is 8.37. The molecule has 6 nitrogen and oxygen atoms in total. The zero-order chi connectivity index (χ0) is 21.0. The van der Waals surface area contributed by atoms with Gasteiger partial charge in [0.2, 0.25) is 0 Å². The number of benzene rings is 2. The van der Waals surface area contributed by atoms with Gasteiger partial charge in [-0.1, -0.05) is 34.1 Å². The average Bonchev–Trinajstić information content (AvgIpc) is 2.96. The Hall–Kier alpha value is -2.65. The van der Waals surface area contributed by atoms with Gasteiger partial charge in [-0.3, -0.25) is 14.5 Å². The molecule has 0 radical (unpaired) electrons. The van der Waals surface area contributed by atoms with E-state index in [0.717, 1.165) is 21.1 Å². The quantitative estimate of drug-likeness (QED) is 0.452. The van der Waals surface area contributed by atoms with Gasteiger partial charge in [-0.05, 0) is 42.1 Å². The highest BCUT2D eigenvalue weighted by Crippen LogP contribution is 2.35. The highest BCUT2D eigenvalue weighted by molar-refractivity contribution is 9.10. The van der Waals surface area contributed by atoms with Crippen LogP contribution in [0.3, 0.4) is 0 Å². The van der Waals surface area contributed by atoms with E-state index in [1.165, 1.54) is 31.4 Å². The maximum absolute atomic E-state index is 13.9. The standard InChI is InChI=1S/C20H15BrFNO5S/c1-27-18(24)11-28-16-7-6-14(21)8-13(16)9-17-19(25)23(20(26)29-17)10-12-4-2-3-5-15(12)22/h2-9H,10-11H2,1H3/b17-9+. The van der Waals surface area contributed by atoms with Crippen LogP contribution in [0.1, 0.15) is 11.1 Å². The molecule has 3 rings (SSSR count). The molecule has 0 aliphatic carbocycles. The van der Waals surface area contributed by atoms with Gasteiger partial charge in [-0.15, -0.1) is 0 Å². The van der Waals surface area contributed by atoms with E-state index < -0.39 is 22.9 Å². The van der Waals surface area contributed by atoms with Crippen LogP contribution < -0.4 is 4.74 Å². The van der Waals surface area contributed by atoms with Crippen LogP contribution >= 0.6 is 27.7 Å². The molecule has 29 heavy (non-hydrogen) atoms. The molecule has 1 aliphatic rings. The van der Waals surface area contributed by atoms with Crippen molar-refractivity contribution < 1.29 is 28.2 Å². The number of ether oxygens (including phenoxy) is 2. The third kappa shape index (κ3) is 5.04. The number of amides is 2. The van der Waals surface area contributed by atoms with Gasteiger partial charge in [0.05, 0.1) is 18.6 Å². The number of thioether (sulfide) groups is 1. The third-order valence-corrected chi connectivity index (χ3v) is 5.39. The Morgan fingerprint density at radius 3 is 2.72 bits per heavy atom. The Morgan fingerprint density at radius 2 is 2.00 bits per heavy atom. The van der Waals surface area contributed by atoms with Gasteiger partial charge in [-0.2, -0.15) is 0 Å². The van der Waals surface area contributed by atoms with Crippen molar-refractivity contribution in [2.75, 3.05) is 13.7 Å². The number of rotatable bonds is 6. The number of esters is 1. The summed E-state index contributed by atoms with van der Waals surface area (Å²) < 4.78 is 24.6. The molecule has 0 aromatic heterocycles. The van der Waals surface area contributed by atoms with E-state index in [1.807, 2.05) is 0 Å².